The summed E-state index contributed by atoms with van der Waals surface area (Å²) in [5.74, 6) is -0.812. The number of halogens is 1. The van der Waals surface area contributed by atoms with Crippen molar-refractivity contribution in [3.63, 3.8) is 0 Å². The summed E-state index contributed by atoms with van der Waals surface area (Å²) < 4.78 is 26.7. The fourth-order valence-corrected chi connectivity index (χ4v) is 4.70. The zero-order valence-electron chi connectivity index (χ0n) is 19.4. The summed E-state index contributed by atoms with van der Waals surface area (Å²) in [5.41, 5.74) is 1.18. The van der Waals surface area contributed by atoms with Gasteiger partial charge >= 0.3 is 0 Å². The number of nitrogens with zero attached hydrogens (tertiary/aromatic N) is 2. The third-order valence-electron chi connectivity index (χ3n) is 5.50. The molecule has 0 saturated carbocycles. The standard InChI is InChI=1S/C25H28ClN3O4S/c1-4-27-25(31)18(2)28(16-19-12-14-21(26)15-13-19)24(30)17-29(34(3,32)33)23-11-7-9-20-8-5-6-10-22(20)23/h5-15,18H,4,16-17H2,1-3H3,(H,27,31)/t18-/m0/s1. The van der Waals surface area contributed by atoms with E-state index in [1.165, 1.54) is 4.90 Å². The van der Waals surface area contributed by atoms with Crippen LogP contribution in [0.2, 0.25) is 5.02 Å². The summed E-state index contributed by atoms with van der Waals surface area (Å²) in [6.07, 6.45) is 1.07. The van der Waals surface area contributed by atoms with Crippen LogP contribution in [0.15, 0.2) is 66.7 Å². The minimum atomic E-state index is -3.80. The highest BCUT2D eigenvalue weighted by atomic mass is 35.5. The normalized spacial score (nSPS) is 12.2. The summed E-state index contributed by atoms with van der Waals surface area (Å²) >= 11 is 5.98. The van der Waals surface area contributed by atoms with Crippen LogP contribution in [0, 0.1) is 0 Å². The van der Waals surface area contributed by atoms with Crippen LogP contribution < -0.4 is 9.62 Å². The number of rotatable bonds is 9. The fourth-order valence-electron chi connectivity index (χ4n) is 3.71. The van der Waals surface area contributed by atoms with Gasteiger partial charge in [0.25, 0.3) is 0 Å². The number of nitrogens with one attached hydrogen (secondary N) is 1. The Kier molecular flexibility index (Phi) is 8.17. The Hall–Kier alpha value is -3.10. The number of hydrogen-bond acceptors (Lipinski definition) is 4. The zero-order valence-corrected chi connectivity index (χ0v) is 20.9. The van der Waals surface area contributed by atoms with Crippen LogP contribution in [0.4, 0.5) is 5.69 Å². The van der Waals surface area contributed by atoms with Crippen molar-refractivity contribution in [2.75, 3.05) is 23.7 Å². The predicted molar refractivity (Wildman–Crippen MR) is 136 cm³/mol. The van der Waals surface area contributed by atoms with Crippen molar-refractivity contribution in [1.29, 1.82) is 0 Å². The first kappa shape index (κ1) is 25.5. The summed E-state index contributed by atoms with van der Waals surface area (Å²) in [6.45, 7) is 3.52. The maximum Gasteiger partial charge on any atom is 0.244 e. The molecule has 0 unspecified atom stereocenters. The van der Waals surface area contributed by atoms with Gasteiger partial charge in [-0.1, -0.05) is 60.1 Å². The summed E-state index contributed by atoms with van der Waals surface area (Å²) in [6, 6.07) is 18.8. The molecule has 0 aliphatic rings. The number of benzene rings is 3. The number of carbonyl (C=O) groups is 2. The van der Waals surface area contributed by atoms with Crippen molar-refractivity contribution < 1.29 is 18.0 Å². The van der Waals surface area contributed by atoms with Crippen molar-refractivity contribution in [1.82, 2.24) is 10.2 Å². The Balaban J connectivity index is 1.98. The lowest BCUT2D eigenvalue weighted by Gasteiger charge is -2.31. The lowest BCUT2D eigenvalue weighted by molar-refractivity contribution is -0.139. The Morgan fingerprint density at radius 3 is 2.29 bits per heavy atom. The van der Waals surface area contributed by atoms with E-state index in [-0.39, 0.29) is 12.5 Å². The highest BCUT2D eigenvalue weighted by Gasteiger charge is 2.30. The Morgan fingerprint density at radius 1 is 1.00 bits per heavy atom. The van der Waals surface area contributed by atoms with Gasteiger partial charge in [-0.25, -0.2) is 8.42 Å². The quantitative estimate of drug-likeness (QED) is 0.483. The van der Waals surface area contributed by atoms with Crippen LogP contribution in [0.25, 0.3) is 10.8 Å². The molecule has 7 nitrogen and oxygen atoms in total. The minimum Gasteiger partial charge on any atom is -0.355 e. The van der Waals surface area contributed by atoms with Gasteiger partial charge in [-0.3, -0.25) is 13.9 Å². The van der Waals surface area contributed by atoms with E-state index in [2.05, 4.69) is 5.32 Å². The Labute approximate surface area is 205 Å². The second-order valence-electron chi connectivity index (χ2n) is 7.99. The molecule has 0 aromatic heterocycles. The van der Waals surface area contributed by atoms with Crippen LogP contribution in [0.1, 0.15) is 19.4 Å². The molecule has 0 radical (unpaired) electrons. The first-order valence-electron chi connectivity index (χ1n) is 10.9. The highest BCUT2D eigenvalue weighted by Crippen LogP contribution is 2.28. The average molecular weight is 502 g/mol. The van der Waals surface area contributed by atoms with Gasteiger partial charge in [-0.2, -0.15) is 0 Å². The summed E-state index contributed by atoms with van der Waals surface area (Å²) in [5, 5.41) is 4.85. The molecule has 3 aromatic rings. The minimum absolute atomic E-state index is 0.126. The van der Waals surface area contributed by atoms with Crippen LogP contribution in [0.3, 0.4) is 0 Å². The largest absolute Gasteiger partial charge is 0.355 e. The maximum atomic E-state index is 13.5. The SMILES string of the molecule is CCNC(=O)[C@H](C)N(Cc1ccc(Cl)cc1)C(=O)CN(c1cccc2ccccc12)S(C)(=O)=O. The monoisotopic (exact) mass is 501 g/mol. The average Bonchev–Trinajstić information content (AvgIpc) is 2.80. The number of likely N-dealkylation sites (N-methyl/N-ethyl adjacent to an activating group) is 1. The van der Waals surface area contributed by atoms with Crippen LogP contribution in [-0.2, 0) is 26.2 Å². The Bertz CT molecular complexity index is 1270. The van der Waals surface area contributed by atoms with Gasteiger partial charge in [0.15, 0.2) is 0 Å². The van der Waals surface area contributed by atoms with E-state index in [0.717, 1.165) is 21.5 Å². The first-order chi connectivity index (χ1) is 16.1. The Morgan fingerprint density at radius 2 is 1.65 bits per heavy atom. The van der Waals surface area contributed by atoms with E-state index in [0.29, 0.717) is 22.6 Å². The number of sulfonamides is 1. The van der Waals surface area contributed by atoms with Crippen molar-refractivity contribution in [2.45, 2.75) is 26.4 Å². The predicted octanol–water partition coefficient (Wildman–Crippen LogP) is 3.81. The van der Waals surface area contributed by atoms with E-state index in [1.54, 1.807) is 50.2 Å². The molecule has 0 fully saturated rings. The molecular formula is C25H28ClN3O4S. The second-order valence-corrected chi connectivity index (χ2v) is 10.3. The number of carbonyl (C=O) groups excluding carboxylic acids is 2. The van der Waals surface area contributed by atoms with Gasteiger partial charge in [-0.15, -0.1) is 0 Å². The second kappa shape index (κ2) is 10.9. The summed E-state index contributed by atoms with van der Waals surface area (Å²) in [7, 11) is -3.80. The molecule has 1 N–H and O–H groups in total. The van der Waals surface area contributed by atoms with E-state index < -0.39 is 28.5 Å². The van der Waals surface area contributed by atoms with Crippen molar-refractivity contribution >= 4 is 49.9 Å². The molecule has 34 heavy (non-hydrogen) atoms. The van der Waals surface area contributed by atoms with Gasteiger partial charge in [0.2, 0.25) is 21.8 Å². The van der Waals surface area contributed by atoms with Crippen LogP contribution in [0.5, 0.6) is 0 Å². The number of anilines is 1. The zero-order chi connectivity index (χ0) is 24.9. The topological polar surface area (TPSA) is 86.8 Å². The van der Waals surface area contributed by atoms with Crippen molar-refractivity contribution in [3.05, 3.63) is 77.3 Å². The van der Waals surface area contributed by atoms with Gasteiger partial charge in [0.1, 0.15) is 12.6 Å². The van der Waals surface area contributed by atoms with Crippen molar-refractivity contribution in [3.8, 4) is 0 Å². The van der Waals surface area contributed by atoms with E-state index in [4.69, 9.17) is 11.6 Å². The van der Waals surface area contributed by atoms with Gasteiger partial charge in [0, 0.05) is 23.5 Å². The molecule has 0 heterocycles. The third-order valence-corrected chi connectivity index (χ3v) is 6.88. The number of fused-ring (bicyclic) bond motifs is 1. The third kappa shape index (κ3) is 6.07. The first-order valence-corrected chi connectivity index (χ1v) is 13.1. The fraction of sp³-hybridized carbons (Fsp3) is 0.280. The number of hydrogen-bond donors (Lipinski definition) is 1. The lowest BCUT2D eigenvalue weighted by Crippen LogP contribution is -2.51. The molecule has 3 aromatic carbocycles. The smallest absolute Gasteiger partial charge is 0.244 e. The molecule has 2 amide bonds. The molecule has 0 aliphatic carbocycles. The molecule has 3 rings (SSSR count). The maximum absolute atomic E-state index is 13.5. The van der Waals surface area contributed by atoms with Crippen molar-refractivity contribution in [2.24, 2.45) is 0 Å². The summed E-state index contributed by atoms with van der Waals surface area (Å²) in [4.78, 5) is 27.5. The molecule has 0 spiro atoms. The molecule has 9 heteroatoms. The molecular weight excluding hydrogens is 474 g/mol. The highest BCUT2D eigenvalue weighted by molar-refractivity contribution is 7.92. The lowest BCUT2D eigenvalue weighted by atomic mass is 10.1. The van der Waals surface area contributed by atoms with Gasteiger partial charge < -0.3 is 10.2 Å². The van der Waals surface area contributed by atoms with Gasteiger partial charge in [0.05, 0.1) is 11.9 Å². The molecule has 0 bridgehead atoms. The molecule has 1 atom stereocenters. The van der Waals surface area contributed by atoms with E-state index in [1.807, 2.05) is 30.3 Å². The molecule has 0 saturated heterocycles. The molecule has 180 valence electrons. The molecule has 0 aliphatic heterocycles. The van der Waals surface area contributed by atoms with Gasteiger partial charge in [-0.05, 0) is 43.0 Å². The van der Waals surface area contributed by atoms with E-state index in [9.17, 15) is 18.0 Å². The van der Waals surface area contributed by atoms with Crippen LogP contribution in [-0.4, -0.2) is 50.5 Å². The van der Waals surface area contributed by atoms with E-state index >= 15 is 0 Å². The van der Waals surface area contributed by atoms with Crippen LogP contribution >= 0.6 is 11.6 Å². The number of amides is 2.